The Labute approximate surface area is 80.1 Å². The zero-order valence-electron chi connectivity index (χ0n) is 6.46. The highest BCUT2D eigenvalue weighted by Gasteiger charge is 1.98. The molecule has 0 atom stereocenters. The zero-order valence-corrected chi connectivity index (χ0v) is 8.04. The van der Waals surface area contributed by atoms with Gasteiger partial charge in [-0.1, -0.05) is 0 Å². The molecule has 0 aromatic carbocycles. The molecule has 0 aliphatic rings. The molecule has 1 rings (SSSR count). The van der Waals surface area contributed by atoms with Crippen LogP contribution in [0.2, 0.25) is 0 Å². The van der Waals surface area contributed by atoms with Crippen LogP contribution < -0.4 is 4.74 Å². The van der Waals surface area contributed by atoms with E-state index in [-0.39, 0.29) is 0 Å². The molecule has 0 bridgehead atoms. The Kier molecular flexibility index (Phi) is 3.62. The maximum absolute atomic E-state index is 5.33. The normalized spacial score (nSPS) is 9.00. The largest absolute Gasteiger partial charge is 0.490 e. The molecular formula is C9H8BrNO. The SMILES string of the molecule is C#CCCOc1cccnc1Br. The number of ether oxygens (including phenoxy) is 1. The lowest BCUT2D eigenvalue weighted by atomic mass is 10.4. The molecule has 0 amide bonds. The van der Waals surface area contributed by atoms with Gasteiger partial charge in [0.15, 0.2) is 5.75 Å². The molecule has 0 radical (unpaired) electrons. The highest BCUT2D eigenvalue weighted by Crippen LogP contribution is 2.20. The van der Waals surface area contributed by atoms with Crippen molar-refractivity contribution in [2.45, 2.75) is 6.42 Å². The van der Waals surface area contributed by atoms with Gasteiger partial charge in [0.2, 0.25) is 0 Å². The van der Waals surface area contributed by atoms with Gasteiger partial charge in [0.1, 0.15) is 4.60 Å². The van der Waals surface area contributed by atoms with Crippen molar-refractivity contribution in [3.8, 4) is 18.1 Å². The van der Waals surface area contributed by atoms with Gasteiger partial charge in [-0.05, 0) is 28.1 Å². The van der Waals surface area contributed by atoms with Crippen molar-refractivity contribution in [1.82, 2.24) is 4.98 Å². The van der Waals surface area contributed by atoms with Crippen LogP contribution in [0.5, 0.6) is 5.75 Å². The quantitative estimate of drug-likeness (QED) is 0.448. The lowest BCUT2D eigenvalue weighted by Gasteiger charge is -2.03. The summed E-state index contributed by atoms with van der Waals surface area (Å²) >= 11 is 3.26. The van der Waals surface area contributed by atoms with Gasteiger partial charge in [0.05, 0.1) is 6.61 Å². The van der Waals surface area contributed by atoms with Crippen molar-refractivity contribution in [3.63, 3.8) is 0 Å². The predicted octanol–water partition coefficient (Wildman–Crippen LogP) is 2.25. The van der Waals surface area contributed by atoms with Crippen molar-refractivity contribution >= 4 is 15.9 Å². The third-order valence-corrected chi connectivity index (χ3v) is 1.82. The molecular weight excluding hydrogens is 218 g/mol. The van der Waals surface area contributed by atoms with Gasteiger partial charge in [0, 0.05) is 12.6 Å². The minimum atomic E-state index is 0.529. The molecule has 1 aromatic rings. The van der Waals surface area contributed by atoms with E-state index in [1.807, 2.05) is 12.1 Å². The average molecular weight is 226 g/mol. The van der Waals surface area contributed by atoms with E-state index in [4.69, 9.17) is 11.2 Å². The molecule has 0 fully saturated rings. The summed E-state index contributed by atoms with van der Waals surface area (Å²) in [4.78, 5) is 4.00. The maximum atomic E-state index is 5.33. The van der Waals surface area contributed by atoms with Crippen molar-refractivity contribution in [2.24, 2.45) is 0 Å². The first kappa shape index (κ1) is 9.08. The van der Waals surface area contributed by atoms with Crippen LogP contribution in [0.15, 0.2) is 22.9 Å². The second kappa shape index (κ2) is 4.78. The molecule has 0 spiro atoms. The van der Waals surface area contributed by atoms with Crippen LogP contribution in [0.3, 0.4) is 0 Å². The van der Waals surface area contributed by atoms with Crippen LogP contribution in [0.1, 0.15) is 6.42 Å². The van der Waals surface area contributed by atoms with Crippen LogP contribution in [0, 0.1) is 12.3 Å². The molecule has 0 aliphatic heterocycles. The van der Waals surface area contributed by atoms with Gasteiger partial charge in [-0.2, -0.15) is 0 Å². The van der Waals surface area contributed by atoms with Gasteiger partial charge < -0.3 is 4.74 Å². The Morgan fingerprint density at radius 3 is 3.17 bits per heavy atom. The minimum Gasteiger partial charge on any atom is -0.490 e. The van der Waals surface area contributed by atoms with Crippen LogP contribution in [0.25, 0.3) is 0 Å². The topological polar surface area (TPSA) is 22.1 Å². The second-order valence-electron chi connectivity index (χ2n) is 2.09. The highest BCUT2D eigenvalue weighted by atomic mass is 79.9. The molecule has 0 unspecified atom stereocenters. The van der Waals surface area contributed by atoms with E-state index in [0.717, 1.165) is 5.75 Å². The van der Waals surface area contributed by atoms with Gasteiger partial charge in [-0.25, -0.2) is 4.98 Å². The molecule has 12 heavy (non-hydrogen) atoms. The van der Waals surface area contributed by atoms with Gasteiger partial charge in [0.25, 0.3) is 0 Å². The van der Waals surface area contributed by atoms with E-state index >= 15 is 0 Å². The zero-order chi connectivity index (χ0) is 8.81. The lowest BCUT2D eigenvalue weighted by Crippen LogP contribution is -1.96. The van der Waals surface area contributed by atoms with Crippen LogP contribution in [-0.4, -0.2) is 11.6 Å². The summed E-state index contributed by atoms with van der Waals surface area (Å²) < 4.78 is 6.04. The summed E-state index contributed by atoms with van der Waals surface area (Å²) in [5.74, 6) is 3.23. The van der Waals surface area contributed by atoms with E-state index in [9.17, 15) is 0 Å². The molecule has 2 nitrogen and oxygen atoms in total. The number of pyridine rings is 1. The Balaban J connectivity index is 2.53. The Morgan fingerprint density at radius 1 is 1.67 bits per heavy atom. The smallest absolute Gasteiger partial charge is 0.152 e. The standard InChI is InChI=1S/C9H8BrNO/c1-2-3-7-12-8-5-4-6-11-9(8)10/h1,4-6H,3,7H2. The first-order chi connectivity index (χ1) is 5.84. The van der Waals surface area contributed by atoms with Crippen molar-refractivity contribution < 1.29 is 4.74 Å². The average Bonchev–Trinajstić information content (AvgIpc) is 2.09. The van der Waals surface area contributed by atoms with E-state index < -0.39 is 0 Å². The first-order valence-corrected chi connectivity index (χ1v) is 4.30. The first-order valence-electron chi connectivity index (χ1n) is 3.51. The van der Waals surface area contributed by atoms with Gasteiger partial charge >= 0.3 is 0 Å². The summed E-state index contributed by atoms with van der Waals surface area (Å²) in [6.07, 6.45) is 7.38. The van der Waals surface area contributed by atoms with Crippen molar-refractivity contribution in [1.29, 1.82) is 0 Å². The van der Waals surface area contributed by atoms with E-state index in [1.165, 1.54) is 0 Å². The van der Waals surface area contributed by atoms with E-state index in [0.29, 0.717) is 17.6 Å². The monoisotopic (exact) mass is 225 g/mol. The third-order valence-electron chi connectivity index (χ3n) is 1.23. The van der Waals surface area contributed by atoms with Crippen LogP contribution in [0.4, 0.5) is 0 Å². The molecule has 62 valence electrons. The van der Waals surface area contributed by atoms with Crippen LogP contribution >= 0.6 is 15.9 Å². The molecule has 0 aliphatic carbocycles. The molecule has 0 saturated heterocycles. The number of nitrogens with zero attached hydrogens (tertiary/aromatic N) is 1. The number of rotatable bonds is 3. The number of halogens is 1. The summed E-state index contributed by atoms with van der Waals surface area (Å²) in [7, 11) is 0. The Morgan fingerprint density at radius 2 is 2.50 bits per heavy atom. The fourth-order valence-corrected chi connectivity index (χ4v) is 1.06. The molecule has 0 N–H and O–H groups in total. The van der Waals surface area contributed by atoms with Gasteiger partial charge in [-0.15, -0.1) is 12.3 Å². The summed E-state index contributed by atoms with van der Waals surface area (Å²) in [6, 6.07) is 3.66. The van der Waals surface area contributed by atoms with Gasteiger partial charge in [-0.3, -0.25) is 0 Å². The molecule has 1 heterocycles. The molecule has 3 heteroatoms. The van der Waals surface area contributed by atoms with Crippen molar-refractivity contribution in [2.75, 3.05) is 6.61 Å². The van der Waals surface area contributed by atoms with E-state index in [1.54, 1.807) is 6.20 Å². The predicted molar refractivity (Wildman–Crippen MR) is 50.9 cm³/mol. The molecule has 0 saturated carbocycles. The summed E-state index contributed by atoms with van der Waals surface area (Å²) in [5, 5.41) is 0. The summed E-state index contributed by atoms with van der Waals surface area (Å²) in [5.41, 5.74) is 0. The summed E-state index contributed by atoms with van der Waals surface area (Å²) in [6.45, 7) is 0.529. The minimum absolute atomic E-state index is 0.529. The number of hydrogen-bond acceptors (Lipinski definition) is 2. The molecule has 1 aromatic heterocycles. The number of terminal acetylenes is 1. The third kappa shape index (κ3) is 2.55. The number of hydrogen-bond donors (Lipinski definition) is 0. The fraction of sp³-hybridized carbons (Fsp3) is 0.222. The number of aromatic nitrogens is 1. The van der Waals surface area contributed by atoms with Crippen LogP contribution in [-0.2, 0) is 0 Å². The maximum Gasteiger partial charge on any atom is 0.152 e. The Bertz CT molecular complexity index is 293. The van der Waals surface area contributed by atoms with Crippen molar-refractivity contribution in [3.05, 3.63) is 22.9 Å². The lowest BCUT2D eigenvalue weighted by molar-refractivity contribution is 0.323. The second-order valence-corrected chi connectivity index (χ2v) is 2.85. The van der Waals surface area contributed by atoms with E-state index in [2.05, 4.69) is 26.8 Å². The Hall–Kier alpha value is -1.01. The fourth-order valence-electron chi connectivity index (χ4n) is 0.699. The highest BCUT2D eigenvalue weighted by molar-refractivity contribution is 9.10.